The molecule has 0 aliphatic rings. The molecule has 0 radical (unpaired) electrons. The van der Waals surface area contributed by atoms with Gasteiger partial charge in [-0.2, -0.15) is 5.10 Å². The van der Waals surface area contributed by atoms with Crippen LogP contribution in [0.1, 0.15) is 33.7 Å². The summed E-state index contributed by atoms with van der Waals surface area (Å²) in [5.74, 6) is 0. The second-order valence-electron chi connectivity index (χ2n) is 6.34. The number of rotatable bonds is 4. The standard InChI is InChI=1S/C19H18N4O2S.C2H6/c1-14(2)22-10-9-18(21-22)16-12-15-8-11-23(19(15)20-13-16)26(24,25)17-6-4-3-5-7-17;1-2/h3-14H,1-2H3;1-2H3. The Morgan fingerprint density at radius 2 is 1.68 bits per heavy atom. The monoisotopic (exact) mass is 396 g/mol. The molecule has 0 saturated heterocycles. The summed E-state index contributed by atoms with van der Waals surface area (Å²) in [7, 11) is -3.67. The van der Waals surface area contributed by atoms with E-state index in [1.165, 1.54) is 10.2 Å². The Kier molecular flexibility index (Phi) is 5.65. The van der Waals surface area contributed by atoms with Gasteiger partial charge in [-0.1, -0.05) is 32.0 Å². The van der Waals surface area contributed by atoms with Crippen molar-refractivity contribution in [1.29, 1.82) is 0 Å². The van der Waals surface area contributed by atoms with Gasteiger partial charge in [0.25, 0.3) is 10.0 Å². The van der Waals surface area contributed by atoms with Crippen LogP contribution in [0.3, 0.4) is 0 Å². The molecule has 3 heterocycles. The van der Waals surface area contributed by atoms with E-state index in [4.69, 9.17) is 0 Å². The van der Waals surface area contributed by atoms with Gasteiger partial charge in [0.15, 0.2) is 5.65 Å². The minimum Gasteiger partial charge on any atom is -0.270 e. The van der Waals surface area contributed by atoms with Crippen LogP contribution in [-0.2, 0) is 10.0 Å². The van der Waals surface area contributed by atoms with Gasteiger partial charge >= 0.3 is 0 Å². The topological polar surface area (TPSA) is 69.8 Å². The smallest absolute Gasteiger partial charge is 0.269 e. The second kappa shape index (κ2) is 7.98. The zero-order chi connectivity index (χ0) is 20.3. The summed E-state index contributed by atoms with van der Waals surface area (Å²) in [5, 5.41) is 5.29. The first-order chi connectivity index (χ1) is 13.5. The molecule has 28 heavy (non-hydrogen) atoms. The molecule has 0 fully saturated rings. The summed E-state index contributed by atoms with van der Waals surface area (Å²) in [6.45, 7) is 8.12. The lowest BCUT2D eigenvalue weighted by atomic mass is 10.2. The molecule has 0 N–H and O–H groups in total. The number of hydrogen-bond acceptors (Lipinski definition) is 4. The number of aromatic nitrogens is 4. The molecular weight excluding hydrogens is 372 g/mol. The van der Waals surface area contributed by atoms with Gasteiger partial charge < -0.3 is 0 Å². The van der Waals surface area contributed by atoms with Crippen molar-refractivity contribution in [2.75, 3.05) is 0 Å². The third-order valence-corrected chi connectivity index (χ3v) is 5.91. The fourth-order valence-corrected chi connectivity index (χ4v) is 4.15. The third-order valence-electron chi connectivity index (χ3n) is 4.23. The normalized spacial score (nSPS) is 11.5. The number of benzene rings is 1. The molecule has 6 nitrogen and oxygen atoms in total. The quantitative estimate of drug-likeness (QED) is 0.499. The molecule has 4 rings (SSSR count). The Labute approximate surface area is 165 Å². The molecule has 146 valence electrons. The minimum atomic E-state index is -3.67. The Morgan fingerprint density at radius 3 is 2.32 bits per heavy atom. The zero-order valence-electron chi connectivity index (χ0n) is 16.4. The van der Waals surface area contributed by atoms with Crippen LogP contribution in [0.5, 0.6) is 0 Å². The van der Waals surface area contributed by atoms with Crippen molar-refractivity contribution >= 4 is 21.1 Å². The third kappa shape index (κ3) is 3.57. The Bertz CT molecular complexity index is 1180. The van der Waals surface area contributed by atoms with E-state index in [0.717, 1.165) is 16.6 Å². The van der Waals surface area contributed by atoms with E-state index in [2.05, 4.69) is 23.9 Å². The lowest BCUT2D eigenvalue weighted by Gasteiger charge is -2.07. The van der Waals surface area contributed by atoms with Gasteiger partial charge in [-0.25, -0.2) is 17.4 Å². The molecule has 0 aliphatic heterocycles. The van der Waals surface area contributed by atoms with Gasteiger partial charge in [0.2, 0.25) is 0 Å². The van der Waals surface area contributed by atoms with Crippen LogP contribution in [-0.4, -0.2) is 27.2 Å². The maximum Gasteiger partial charge on any atom is 0.269 e. The average Bonchev–Trinajstić information content (AvgIpc) is 3.37. The molecule has 4 aromatic rings. The molecule has 7 heteroatoms. The molecule has 3 aromatic heterocycles. The zero-order valence-corrected chi connectivity index (χ0v) is 17.3. The van der Waals surface area contributed by atoms with Gasteiger partial charge in [-0.05, 0) is 44.2 Å². The number of hydrogen-bond donors (Lipinski definition) is 0. The Hall–Kier alpha value is -2.93. The largest absolute Gasteiger partial charge is 0.270 e. The lowest BCUT2D eigenvalue weighted by Crippen LogP contribution is -2.12. The maximum atomic E-state index is 12.8. The summed E-state index contributed by atoms with van der Waals surface area (Å²) in [5.41, 5.74) is 2.07. The van der Waals surface area contributed by atoms with E-state index in [9.17, 15) is 8.42 Å². The van der Waals surface area contributed by atoms with Gasteiger partial charge in [0.1, 0.15) is 0 Å². The van der Waals surface area contributed by atoms with Crippen molar-refractivity contribution in [1.82, 2.24) is 18.7 Å². The van der Waals surface area contributed by atoms with E-state index in [1.807, 2.05) is 36.9 Å². The number of fused-ring (bicyclic) bond motifs is 1. The van der Waals surface area contributed by atoms with Gasteiger partial charge in [-0.15, -0.1) is 0 Å². The molecule has 0 amide bonds. The predicted octanol–water partition coefficient (Wildman–Crippen LogP) is 4.74. The first kappa shape index (κ1) is 19.8. The molecule has 1 aromatic carbocycles. The summed E-state index contributed by atoms with van der Waals surface area (Å²) in [4.78, 5) is 4.63. The van der Waals surface area contributed by atoms with Crippen LogP contribution < -0.4 is 0 Å². The fraction of sp³-hybridized carbons (Fsp3) is 0.238. The first-order valence-electron chi connectivity index (χ1n) is 9.30. The molecule has 0 aliphatic carbocycles. The highest BCUT2D eigenvalue weighted by molar-refractivity contribution is 7.90. The Balaban J connectivity index is 0.00000109. The molecule has 0 bridgehead atoms. The molecular formula is C21H24N4O2S. The van der Waals surface area contributed by atoms with Crippen LogP contribution in [0.15, 0.2) is 72.0 Å². The molecule has 0 spiro atoms. The van der Waals surface area contributed by atoms with Crippen molar-refractivity contribution in [3.63, 3.8) is 0 Å². The SMILES string of the molecule is CC.CC(C)n1ccc(-c2cnc3c(ccn3S(=O)(=O)c3ccccc3)c2)n1. The fourth-order valence-electron chi connectivity index (χ4n) is 2.82. The highest BCUT2D eigenvalue weighted by atomic mass is 32.2. The van der Waals surface area contributed by atoms with Gasteiger partial charge in [0, 0.05) is 35.6 Å². The highest BCUT2D eigenvalue weighted by Crippen LogP contribution is 2.25. The van der Waals surface area contributed by atoms with Crippen LogP contribution in [0.25, 0.3) is 22.3 Å². The van der Waals surface area contributed by atoms with Gasteiger partial charge in [-0.3, -0.25) is 4.68 Å². The van der Waals surface area contributed by atoms with Crippen LogP contribution in [0.2, 0.25) is 0 Å². The van der Waals surface area contributed by atoms with Crippen LogP contribution in [0.4, 0.5) is 0 Å². The molecule has 0 saturated carbocycles. The second-order valence-corrected chi connectivity index (χ2v) is 8.16. The minimum absolute atomic E-state index is 0.235. The van der Waals surface area contributed by atoms with Crippen molar-refractivity contribution in [2.24, 2.45) is 0 Å². The van der Waals surface area contributed by atoms with Crippen LogP contribution >= 0.6 is 0 Å². The van der Waals surface area contributed by atoms with E-state index in [-0.39, 0.29) is 10.9 Å². The van der Waals surface area contributed by atoms with Crippen LogP contribution in [0, 0.1) is 0 Å². The van der Waals surface area contributed by atoms with Crippen molar-refractivity contribution < 1.29 is 8.42 Å². The Morgan fingerprint density at radius 1 is 0.964 bits per heavy atom. The lowest BCUT2D eigenvalue weighted by molar-refractivity contribution is 0.534. The maximum absolute atomic E-state index is 12.8. The van der Waals surface area contributed by atoms with E-state index in [0.29, 0.717) is 5.65 Å². The molecule has 0 unspecified atom stereocenters. The average molecular weight is 397 g/mol. The van der Waals surface area contributed by atoms with Crippen molar-refractivity contribution in [3.05, 3.63) is 67.1 Å². The first-order valence-corrected chi connectivity index (χ1v) is 10.7. The summed E-state index contributed by atoms with van der Waals surface area (Å²) in [6, 6.07) is 14.2. The van der Waals surface area contributed by atoms with Crippen molar-refractivity contribution in [3.8, 4) is 11.3 Å². The summed E-state index contributed by atoms with van der Waals surface area (Å²) < 4.78 is 28.8. The highest BCUT2D eigenvalue weighted by Gasteiger charge is 2.19. The summed E-state index contributed by atoms with van der Waals surface area (Å²) in [6.07, 6.45) is 5.12. The predicted molar refractivity (Wildman–Crippen MR) is 112 cm³/mol. The summed E-state index contributed by atoms with van der Waals surface area (Å²) >= 11 is 0. The van der Waals surface area contributed by atoms with Crippen molar-refractivity contribution in [2.45, 2.75) is 38.6 Å². The molecule has 0 atom stereocenters. The number of nitrogens with zero attached hydrogens (tertiary/aromatic N) is 4. The van der Waals surface area contributed by atoms with E-state index < -0.39 is 10.0 Å². The van der Waals surface area contributed by atoms with E-state index in [1.54, 1.807) is 42.6 Å². The van der Waals surface area contributed by atoms with Gasteiger partial charge in [0.05, 0.1) is 10.6 Å². The number of pyridine rings is 1. The van der Waals surface area contributed by atoms with E-state index >= 15 is 0 Å².